The fourth-order valence-corrected chi connectivity index (χ4v) is 13.7. The zero-order chi connectivity index (χ0) is 60.7. The largest absolute Gasteiger partial charge is 0.323 e. The number of nitrogens with zero attached hydrogens (tertiary/aromatic N) is 19. The standard InChI is InChI=1S/2C21H24N8O.C16H19N5.C5H8N2.2ClH/c2*1-27-13-16(11-24-27)25-20-23-6-4-19(26-20)15-8-17-2-3-18(9-15)29(17)21(30)28-7-5-14(10-22)12-28;1-21-10-14(9-18-21)19-16-17-5-4-15(20-16)13-7-11-2-3-12(6-11)8-13;6-3-5-1-2-7-4-5;;/h2*4,6,8,11,13-14,17-18H,2-3,5,7,9,12H2,1H3,(H,23,25,26);4-5,7,9-12H,2-3,6,8H2,1H3,(H,17,19,20);5,7H,1-2,4H2;2*1H/t2*14-,17?,18?;;5-;;/m00.0../s1. The molecule has 27 heteroatoms. The predicted octanol–water partition coefficient (Wildman–Crippen LogP) is 9.20. The van der Waals surface area contributed by atoms with Crippen LogP contribution >= 0.6 is 24.8 Å². The van der Waals surface area contributed by atoms with Crippen LogP contribution < -0.4 is 21.3 Å². The lowest BCUT2D eigenvalue weighted by Crippen LogP contribution is -2.49. The molecule has 1 saturated carbocycles. The first-order chi connectivity index (χ1) is 42.9. The highest BCUT2D eigenvalue weighted by Gasteiger charge is 2.45. The molecule has 6 aromatic rings. The molecule has 0 aromatic carbocycles. The number of likely N-dealkylation sites (tertiary alicyclic amines) is 2. The van der Waals surface area contributed by atoms with Gasteiger partial charge in [0.1, 0.15) is 0 Å². The Hall–Kier alpha value is -8.96. The minimum absolute atomic E-state index is 0. The van der Waals surface area contributed by atoms with Crippen LogP contribution in [0.5, 0.6) is 0 Å². The Kier molecular flexibility index (Phi) is 20.7. The number of allylic oxidation sites excluding steroid dienone is 2. The van der Waals surface area contributed by atoms with E-state index in [2.05, 4.69) is 103 Å². The van der Waals surface area contributed by atoms with Crippen molar-refractivity contribution in [2.75, 3.05) is 55.2 Å². The maximum absolute atomic E-state index is 13.1. The highest BCUT2D eigenvalue weighted by Crippen LogP contribution is 2.44. The Morgan fingerprint density at radius 2 is 0.967 bits per heavy atom. The molecule has 13 heterocycles. The van der Waals surface area contributed by atoms with Gasteiger partial charge in [0.15, 0.2) is 0 Å². The van der Waals surface area contributed by atoms with Gasteiger partial charge >= 0.3 is 12.1 Å². The summed E-state index contributed by atoms with van der Waals surface area (Å²) in [5.41, 5.74) is 9.16. The van der Waals surface area contributed by atoms with Gasteiger partial charge in [-0.25, -0.2) is 39.5 Å². The molecule has 0 spiro atoms. The van der Waals surface area contributed by atoms with Crippen molar-refractivity contribution in [2.24, 2.45) is 50.7 Å². The molecule has 4 N–H and O–H groups in total. The third-order valence-electron chi connectivity index (χ3n) is 18.1. The lowest BCUT2D eigenvalue weighted by molar-refractivity contribution is 0.144. The summed E-state index contributed by atoms with van der Waals surface area (Å²) >= 11 is 0. The van der Waals surface area contributed by atoms with Gasteiger partial charge in [-0.3, -0.25) is 14.0 Å². The highest BCUT2D eigenvalue weighted by atomic mass is 35.5. The number of carbonyl (C=O) groups excluding carboxylic acids is 2. The number of nitrogens with one attached hydrogen (secondary N) is 4. The Balaban J connectivity index is 0.000000141. The Bertz CT molecular complexity index is 3550. The molecule has 2 aliphatic carbocycles. The lowest BCUT2D eigenvalue weighted by Gasteiger charge is -2.36. The zero-order valence-electron chi connectivity index (χ0n) is 50.9. The van der Waals surface area contributed by atoms with Crippen molar-refractivity contribution in [1.82, 2.24) is 84.2 Å². The third-order valence-corrected chi connectivity index (χ3v) is 18.1. The van der Waals surface area contributed by atoms with Crippen LogP contribution in [0.1, 0.15) is 101 Å². The summed E-state index contributed by atoms with van der Waals surface area (Å²) in [6.45, 7) is 4.39. The number of carbonyl (C=O) groups is 2. The second-order valence-electron chi connectivity index (χ2n) is 24.4. The number of urea groups is 2. The molecule has 9 atom stereocenters. The molecule has 4 amide bonds. The first kappa shape index (κ1) is 64.0. The number of aryl methyl sites for hydroxylation is 3. The number of aromatic nitrogens is 12. The van der Waals surface area contributed by atoms with E-state index < -0.39 is 0 Å². The van der Waals surface area contributed by atoms with Crippen LogP contribution in [-0.2, 0) is 21.1 Å². The molecule has 6 bridgehead atoms. The van der Waals surface area contributed by atoms with Crippen LogP contribution in [0, 0.1) is 63.6 Å². The molecule has 6 aromatic heterocycles. The molecule has 470 valence electrons. The molecule has 0 radical (unpaired) electrons. The molecule has 6 fully saturated rings. The van der Waals surface area contributed by atoms with Crippen molar-refractivity contribution in [2.45, 2.75) is 108 Å². The van der Waals surface area contributed by atoms with Gasteiger partial charge in [0.2, 0.25) is 17.8 Å². The van der Waals surface area contributed by atoms with E-state index >= 15 is 0 Å². The Morgan fingerprint density at radius 1 is 0.533 bits per heavy atom. The molecule has 15 rings (SSSR count). The number of hydrogen-bond acceptors (Lipinski definition) is 18. The first-order valence-corrected chi connectivity index (χ1v) is 30.8. The topological polar surface area (TPSA) is 297 Å². The maximum atomic E-state index is 13.1. The van der Waals surface area contributed by atoms with Gasteiger partial charge in [-0.1, -0.05) is 18.2 Å². The van der Waals surface area contributed by atoms with Crippen LogP contribution in [0.3, 0.4) is 0 Å². The molecule has 6 unspecified atom stereocenters. The summed E-state index contributed by atoms with van der Waals surface area (Å²) in [4.78, 5) is 60.9. The Morgan fingerprint density at radius 3 is 1.31 bits per heavy atom. The molecule has 5 saturated heterocycles. The van der Waals surface area contributed by atoms with E-state index in [1.807, 2.05) is 83.7 Å². The van der Waals surface area contributed by atoms with Crippen LogP contribution in [0.2, 0.25) is 0 Å². The molecule has 7 aliphatic heterocycles. The van der Waals surface area contributed by atoms with Crippen LogP contribution in [0.4, 0.5) is 44.5 Å². The van der Waals surface area contributed by atoms with E-state index in [0.717, 1.165) is 117 Å². The molecule has 9 aliphatic rings. The minimum atomic E-state index is -0.0331. The summed E-state index contributed by atoms with van der Waals surface area (Å²) in [6, 6.07) is 13.4. The normalized spacial score (nSPS) is 24.7. The molecule has 25 nitrogen and oxygen atoms in total. The SMILES string of the molecule is Cl.Cl.Cn1cc(Nc2nccc(C3=CC4CCC(C3)C4)n2)cn1.Cn1cc(Nc2nccc(C3=CC4CCC(C3)N4C(=O)N3CC[C@@H](C#N)C3)n2)cn1.Cn1cc(Nc2nccc(C3=CC4CCC(C3)N4C(=O)N3CC[C@@H](C#N)C3)n2)cn1.N#C[C@@H]1CCNC1. The van der Waals surface area contributed by atoms with E-state index in [4.69, 9.17) is 15.8 Å². The van der Waals surface area contributed by atoms with Crippen LogP contribution in [-0.4, -0.2) is 154 Å². The van der Waals surface area contributed by atoms with Crippen molar-refractivity contribution in [3.8, 4) is 18.2 Å². The second kappa shape index (κ2) is 29.1. The lowest BCUT2D eigenvalue weighted by atomic mass is 9.88. The summed E-state index contributed by atoms with van der Waals surface area (Å²) in [6.07, 6.45) is 36.4. The fourth-order valence-electron chi connectivity index (χ4n) is 13.7. The van der Waals surface area contributed by atoms with Gasteiger partial charge in [0, 0.05) is 103 Å². The number of hydrogen-bond donors (Lipinski definition) is 4. The summed E-state index contributed by atoms with van der Waals surface area (Å²) in [7, 11) is 5.62. The van der Waals surface area contributed by atoms with E-state index in [9.17, 15) is 9.59 Å². The number of nitriles is 3. The third kappa shape index (κ3) is 15.2. The monoisotopic (exact) mass is 1260 g/mol. The number of anilines is 6. The Labute approximate surface area is 536 Å². The van der Waals surface area contributed by atoms with Gasteiger partial charge in [-0.05, 0) is 137 Å². The van der Waals surface area contributed by atoms with Gasteiger partial charge in [-0.15, -0.1) is 24.8 Å². The predicted molar refractivity (Wildman–Crippen MR) is 344 cm³/mol. The first-order valence-electron chi connectivity index (χ1n) is 30.8. The van der Waals surface area contributed by atoms with E-state index in [0.29, 0.717) is 49.9 Å². The van der Waals surface area contributed by atoms with E-state index in [1.54, 1.807) is 45.0 Å². The van der Waals surface area contributed by atoms with Gasteiger partial charge in [-0.2, -0.15) is 31.1 Å². The van der Waals surface area contributed by atoms with Crippen LogP contribution in [0.15, 0.2) is 92.2 Å². The van der Waals surface area contributed by atoms with Gasteiger partial charge in [0.05, 0.1) is 101 Å². The van der Waals surface area contributed by atoms with E-state index in [-0.39, 0.29) is 72.9 Å². The molecule has 90 heavy (non-hydrogen) atoms. The summed E-state index contributed by atoms with van der Waals surface area (Å²) < 4.78 is 5.20. The molecular formula is C63H77Cl2N23O2. The smallest absolute Gasteiger partial charge is 0.320 e. The fraction of sp³-hybridized carbons (Fsp3) is 0.492. The summed E-state index contributed by atoms with van der Waals surface area (Å²) in [5, 5.41) is 51.7. The number of fused-ring (bicyclic) bond motifs is 6. The average molecular weight is 1260 g/mol. The summed E-state index contributed by atoms with van der Waals surface area (Å²) in [5.74, 6) is 3.56. The maximum Gasteiger partial charge on any atom is 0.320 e. The molecular weight excluding hydrogens is 1180 g/mol. The van der Waals surface area contributed by atoms with Crippen molar-refractivity contribution >= 4 is 88.5 Å². The van der Waals surface area contributed by atoms with Crippen LogP contribution in [0.25, 0.3) is 16.7 Å². The van der Waals surface area contributed by atoms with Crippen molar-refractivity contribution in [1.29, 1.82) is 15.8 Å². The quantitative estimate of drug-likeness (QED) is 0.105. The van der Waals surface area contributed by atoms with Gasteiger partial charge in [0.25, 0.3) is 0 Å². The van der Waals surface area contributed by atoms with Crippen molar-refractivity contribution < 1.29 is 9.59 Å². The highest BCUT2D eigenvalue weighted by molar-refractivity contribution is 5.86. The number of rotatable bonds is 9. The van der Waals surface area contributed by atoms with Gasteiger partial charge < -0.3 is 40.9 Å². The number of halogens is 2. The van der Waals surface area contributed by atoms with Crippen molar-refractivity contribution in [3.63, 3.8) is 0 Å². The number of amides is 4. The minimum Gasteiger partial charge on any atom is -0.323 e. The van der Waals surface area contributed by atoms with E-state index in [1.165, 1.54) is 42.4 Å². The van der Waals surface area contributed by atoms with Crippen molar-refractivity contribution in [3.05, 3.63) is 109 Å². The average Bonchev–Trinajstić information content (AvgIpc) is 1.71. The zero-order valence-corrected chi connectivity index (χ0v) is 52.6. The second-order valence-corrected chi connectivity index (χ2v) is 24.4.